The van der Waals surface area contributed by atoms with Crippen LogP contribution < -0.4 is 4.74 Å². The highest BCUT2D eigenvalue weighted by Gasteiger charge is 2.52. The summed E-state index contributed by atoms with van der Waals surface area (Å²) in [7, 11) is 1.69. The van der Waals surface area contributed by atoms with Gasteiger partial charge in [0.2, 0.25) is 0 Å². The summed E-state index contributed by atoms with van der Waals surface area (Å²) in [4.78, 5) is 0. The third-order valence-electron chi connectivity index (χ3n) is 6.37. The van der Waals surface area contributed by atoms with Crippen LogP contribution in [0.2, 0.25) is 0 Å². The maximum atomic E-state index is 5.96. The zero-order valence-corrected chi connectivity index (χ0v) is 14.2. The molecule has 0 saturated heterocycles. The summed E-state index contributed by atoms with van der Waals surface area (Å²) in [6, 6.07) is 6.74. The van der Waals surface area contributed by atoms with E-state index in [-0.39, 0.29) is 0 Å². The van der Waals surface area contributed by atoms with Gasteiger partial charge in [0, 0.05) is 12.7 Å². The van der Waals surface area contributed by atoms with Crippen LogP contribution >= 0.6 is 0 Å². The number of hydrogen-bond acceptors (Lipinski definition) is 2. The Morgan fingerprint density at radius 2 is 1.78 bits per heavy atom. The van der Waals surface area contributed by atoms with Crippen molar-refractivity contribution in [2.24, 2.45) is 17.8 Å². The highest BCUT2D eigenvalue weighted by molar-refractivity contribution is 5.44. The summed E-state index contributed by atoms with van der Waals surface area (Å²) in [5, 5.41) is 0. The van der Waals surface area contributed by atoms with Gasteiger partial charge >= 0.3 is 0 Å². The minimum atomic E-state index is 0.334. The van der Waals surface area contributed by atoms with E-state index >= 15 is 0 Å². The highest BCUT2D eigenvalue weighted by atomic mass is 16.7. The Morgan fingerprint density at radius 1 is 1.13 bits per heavy atom. The van der Waals surface area contributed by atoms with Crippen molar-refractivity contribution in [2.45, 2.75) is 50.4 Å². The van der Waals surface area contributed by atoms with E-state index in [1.54, 1.807) is 7.11 Å². The molecule has 5 rings (SSSR count). The lowest BCUT2D eigenvalue weighted by molar-refractivity contribution is -0.00886. The van der Waals surface area contributed by atoms with Crippen LogP contribution in [0.3, 0.4) is 0 Å². The third-order valence-corrected chi connectivity index (χ3v) is 6.37. The van der Waals surface area contributed by atoms with Gasteiger partial charge in [-0.2, -0.15) is 0 Å². The standard InChI is InChI=1S/C21H28O2/c1-3-4-15-5-6-20(23-14-22-2)19(10-15)21-11-16-7-17(12-21)9-18(8-16)13-21/h3,5-6,10,16-18H,1,4,7-9,11-14H2,2H3. The van der Waals surface area contributed by atoms with Crippen LogP contribution in [0, 0.1) is 17.8 Å². The molecule has 0 spiro atoms. The first-order chi connectivity index (χ1) is 11.2. The Labute approximate surface area is 139 Å². The molecular weight excluding hydrogens is 284 g/mol. The molecule has 4 saturated carbocycles. The second-order valence-corrected chi connectivity index (χ2v) is 8.07. The lowest BCUT2D eigenvalue weighted by Gasteiger charge is -2.57. The molecule has 0 atom stereocenters. The van der Waals surface area contributed by atoms with Gasteiger partial charge in [-0.1, -0.05) is 18.2 Å². The normalized spacial score (nSPS) is 34.6. The quantitative estimate of drug-likeness (QED) is 0.551. The largest absolute Gasteiger partial charge is 0.467 e. The van der Waals surface area contributed by atoms with Crippen molar-refractivity contribution in [3.8, 4) is 5.75 Å². The topological polar surface area (TPSA) is 18.5 Å². The number of ether oxygens (including phenoxy) is 2. The van der Waals surface area contributed by atoms with Gasteiger partial charge in [0.05, 0.1) is 0 Å². The van der Waals surface area contributed by atoms with Crippen molar-refractivity contribution in [3.05, 3.63) is 42.0 Å². The molecule has 4 aliphatic carbocycles. The molecule has 1 aromatic rings. The van der Waals surface area contributed by atoms with Gasteiger partial charge in [-0.15, -0.1) is 6.58 Å². The highest BCUT2D eigenvalue weighted by Crippen LogP contribution is 2.61. The van der Waals surface area contributed by atoms with E-state index in [0.717, 1.165) is 29.9 Å². The van der Waals surface area contributed by atoms with Crippen LogP contribution in [-0.4, -0.2) is 13.9 Å². The fourth-order valence-electron chi connectivity index (χ4n) is 5.97. The molecule has 4 aliphatic rings. The summed E-state index contributed by atoms with van der Waals surface area (Å²) in [6.45, 7) is 4.23. The average molecular weight is 312 g/mol. The second kappa shape index (κ2) is 5.98. The fourth-order valence-corrected chi connectivity index (χ4v) is 5.97. The van der Waals surface area contributed by atoms with Crippen LogP contribution in [0.25, 0.3) is 0 Å². The van der Waals surface area contributed by atoms with Crippen LogP contribution in [-0.2, 0) is 16.6 Å². The van der Waals surface area contributed by atoms with Gasteiger partial charge in [-0.05, 0) is 79.7 Å². The molecule has 2 heteroatoms. The van der Waals surface area contributed by atoms with E-state index in [1.807, 2.05) is 6.08 Å². The van der Waals surface area contributed by atoms with Crippen molar-refractivity contribution in [3.63, 3.8) is 0 Å². The fraction of sp³-hybridized carbons (Fsp3) is 0.619. The first kappa shape index (κ1) is 15.3. The van der Waals surface area contributed by atoms with E-state index < -0.39 is 0 Å². The average Bonchev–Trinajstić information content (AvgIpc) is 2.52. The van der Waals surface area contributed by atoms with E-state index in [9.17, 15) is 0 Å². The van der Waals surface area contributed by atoms with Crippen LogP contribution in [0.1, 0.15) is 49.7 Å². The van der Waals surface area contributed by atoms with Gasteiger partial charge in [-0.25, -0.2) is 0 Å². The number of rotatable bonds is 6. The molecule has 0 aromatic heterocycles. The molecule has 0 amide bonds. The minimum absolute atomic E-state index is 0.334. The van der Waals surface area contributed by atoms with E-state index in [2.05, 4.69) is 24.8 Å². The zero-order chi connectivity index (χ0) is 15.9. The first-order valence-electron chi connectivity index (χ1n) is 9.08. The Bertz CT molecular complexity index is 554. The summed E-state index contributed by atoms with van der Waals surface area (Å²) in [5.74, 6) is 3.88. The Kier molecular flexibility index (Phi) is 3.96. The molecule has 4 bridgehead atoms. The summed E-state index contributed by atoms with van der Waals surface area (Å²) < 4.78 is 11.1. The molecule has 1 aromatic carbocycles. The molecule has 23 heavy (non-hydrogen) atoms. The van der Waals surface area contributed by atoms with Crippen molar-refractivity contribution in [1.82, 2.24) is 0 Å². The van der Waals surface area contributed by atoms with Crippen LogP contribution in [0.4, 0.5) is 0 Å². The molecule has 2 nitrogen and oxygen atoms in total. The van der Waals surface area contributed by atoms with Crippen molar-refractivity contribution < 1.29 is 9.47 Å². The first-order valence-corrected chi connectivity index (χ1v) is 9.08. The van der Waals surface area contributed by atoms with Crippen LogP contribution in [0.15, 0.2) is 30.9 Å². The van der Waals surface area contributed by atoms with Gasteiger partial charge in [0.15, 0.2) is 6.79 Å². The van der Waals surface area contributed by atoms with Gasteiger partial charge in [0.25, 0.3) is 0 Å². The molecule has 0 radical (unpaired) electrons. The maximum Gasteiger partial charge on any atom is 0.188 e. The maximum absolute atomic E-state index is 5.96. The summed E-state index contributed by atoms with van der Waals surface area (Å²) >= 11 is 0. The zero-order valence-electron chi connectivity index (χ0n) is 14.2. The molecular formula is C21H28O2. The number of benzene rings is 1. The molecule has 124 valence electrons. The summed E-state index contributed by atoms with van der Waals surface area (Å²) in [5.41, 5.74) is 3.16. The number of allylic oxidation sites excluding steroid dienone is 1. The Hall–Kier alpha value is -1.28. The molecule has 4 fully saturated rings. The predicted octanol–water partition coefficient (Wildman–Crippen LogP) is 4.87. The van der Waals surface area contributed by atoms with E-state index in [1.165, 1.54) is 49.7 Å². The van der Waals surface area contributed by atoms with Crippen molar-refractivity contribution in [2.75, 3.05) is 13.9 Å². The molecule has 0 aliphatic heterocycles. The summed E-state index contributed by atoms with van der Waals surface area (Å²) in [6.07, 6.45) is 11.4. The lowest BCUT2D eigenvalue weighted by atomic mass is 9.48. The SMILES string of the molecule is C=CCc1ccc(OCOC)c(C23CC4CC(CC(C4)C2)C3)c1. The monoisotopic (exact) mass is 312 g/mol. The van der Waals surface area contributed by atoms with Crippen molar-refractivity contribution >= 4 is 0 Å². The van der Waals surface area contributed by atoms with Crippen molar-refractivity contribution in [1.29, 1.82) is 0 Å². The van der Waals surface area contributed by atoms with Gasteiger partial charge in [-0.3, -0.25) is 0 Å². The lowest BCUT2D eigenvalue weighted by Crippen LogP contribution is -2.48. The predicted molar refractivity (Wildman–Crippen MR) is 92.7 cm³/mol. The molecule has 0 unspecified atom stereocenters. The number of hydrogen-bond donors (Lipinski definition) is 0. The molecule has 0 heterocycles. The van der Waals surface area contributed by atoms with E-state index in [0.29, 0.717) is 12.2 Å². The number of methoxy groups -OCH3 is 1. The Morgan fingerprint density at radius 3 is 2.35 bits per heavy atom. The minimum Gasteiger partial charge on any atom is -0.467 e. The second-order valence-electron chi connectivity index (χ2n) is 8.07. The Balaban J connectivity index is 1.73. The van der Waals surface area contributed by atoms with Gasteiger partial charge in [0.1, 0.15) is 5.75 Å². The van der Waals surface area contributed by atoms with E-state index in [4.69, 9.17) is 9.47 Å². The third kappa shape index (κ3) is 2.71. The van der Waals surface area contributed by atoms with Crippen LogP contribution in [0.5, 0.6) is 5.75 Å². The molecule has 0 N–H and O–H groups in total. The smallest absolute Gasteiger partial charge is 0.188 e. The van der Waals surface area contributed by atoms with Gasteiger partial charge < -0.3 is 9.47 Å².